The van der Waals surface area contributed by atoms with Crippen LogP contribution in [0.3, 0.4) is 0 Å². The number of hydrogen-bond donors (Lipinski definition) is 2. The third-order valence-corrected chi connectivity index (χ3v) is 6.25. The van der Waals surface area contributed by atoms with Crippen LogP contribution >= 0.6 is 0 Å². The van der Waals surface area contributed by atoms with Gasteiger partial charge in [-0.15, -0.1) is 0 Å². The molecule has 2 aliphatic carbocycles. The Morgan fingerprint density at radius 3 is 2.19 bits per heavy atom. The van der Waals surface area contributed by atoms with E-state index in [1.807, 2.05) is 20.8 Å². The van der Waals surface area contributed by atoms with Crippen molar-refractivity contribution in [2.75, 3.05) is 7.11 Å². The zero-order valence-corrected chi connectivity index (χ0v) is 16.2. The summed E-state index contributed by atoms with van der Waals surface area (Å²) in [6.07, 6.45) is 0.816. The molecule has 0 amide bonds. The summed E-state index contributed by atoms with van der Waals surface area (Å²) in [4.78, 5) is 25.7. The van der Waals surface area contributed by atoms with Crippen molar-refractivity contribution in [2.24, 2.45) is 11.3 Å². The largest absolute Gasteiger partial charge is 0.507 e. The van der Waals surface area contributed by atoms with Gasteiger partial charge in [-0.2, -0.15) is 0 Å². The van der Waals surface area contributed by atoms with E-state index in [-0.39, 0.29) is 45.8 Å². The van der Waals surface area contributed by atoms with Gasteiger partial charge < -0.3 is 20.4 Å². The molecule has 0 spiro atoms. The zero-order chi connectivity index (χ0) is 18.9. The molecule has 144 valence electrons. The van der Waals surface area contributed by atoms with Gasteiger partial charge in [0.05, 0.1) is 12.7 Å². The molecular weight excluding hydrogens is 336 g/mol. The Balaban J connectivity index is 0.00000243. The molecule has 4 N–H and O–H groups in total. The van der Waals surface area contributed by atoms with Crippen LogP contribution in [-0.4, -0.2) is 34.4 Å². The van der Waals surface area contributed by atoms with Crippen molar-refractivity contribution in [1.29, 1.82) is 0 Å². The van der Waals surface area contributed by atoms with Gasteiger partial charge in [-0.05, 0) is 12.3 Å². The number of rotatable bonds is 2. The maximum atomic E-state index is 13.3. The SMILES string of the molecule is COc1c(O)c2c(c(O)c1C(C)C)C(=O)[C@H]1C(C)(C)C(=O)CC[C@@]21C.O. The second-order valence-electron chi connectivity index (χ2n) is 8.41. The highest BCUT2D eigenvalue weighted by Crippen LogP contribution is 2.63. The van der Waals surface area contributed by atoms with E-state index in [0.717, 1.165) is 0 Å². The fourth-order valence-corrected chi connectivity index (χ4v) is 5.09. The molecule has 3 rings (SSSR count). The van der Waals surface area contributed by atoms with Crippen LogP contribution in [-0.2, 0) is 10.2 Å². The molecule has 0 aliphatic heterocycles. The van der Waals surface area contributed by atoms with E-state index in [0.29, 0.717) is 24.0 Å². The Morgan fingerprint density at radius 1 is 1.12 bits per heavy atom. The third kappa shape index (κ3) is 2.21. The Kier molecular flexibility index (Phi) is 4.65. The molecule has 1 saturated carbocycles. The van der Waals surface area contributed by atoms with E-state index in [9.17, 15) is 19.8 Å². The molecule has 0 aromatic heterocycles. The predicted molar refractivity (Wildman–Crippen MR) is 97.2 cm³/mol. The molecule has 6 nitrogen and oxygen atoms in total. The number of carbonyl (C=O) groups excluding carboxylic acids is 2. The van der Waals surface area contributed by atoms with Gasteiger partial charge in [0.25, 0.3) is 0 Å². The summed E-state index contributed by atoms with van der Waals surface area (Å²) < 4.78 is 5.39. The number of fused-ring (bicyclic) bond motifs is 3. The highest BCUT2D eigenvalue weighted by molar-refractivity contribution is 6.11. The lowest BCUT2D eigenvalue weighted by Crippen LogP contribution is -2.49. The van der Waals surface area contributed by atoms with Crippen molar-refractivity contribution in [2.45, 2.75) is 58.8 Å². The van der Waals surface area contributed by atoms with Crippen LogP contribution in [0.4, 0.5) is 0 Å². The summed E-state index contributed by atoms with van der Waals surface area (Å²) in [6.45, 7) is 9.21. The van der Waals surface area contributed by atoms with Crippen LogP contribution in [0.5, 0.6) is 17.2 Å². The second-order valence-corrected chi connectivity index (χ2v) is 8.41. The molecule has 6 heteroatoms. The fourth-order valence-electron chi connectivity index (χ4n) is 5.09. The summed E-state index contributed by atoms with van der Waals surface area (Å²) in [5.74, 6) is -0.926. The lowest BCUT2D eigenvalue weighted by molar-refractivity contribution is -0.134. The minimum atomic E-state index is -0.840. The number of ketones is 2. The average molecular weight is 364 g/mol. The zero-order valence-electron chi connectivity index (χ0n) is 16.2. The number of hydrogen-bond acceptors (Lipinski definition) is 5. The minimum Gasteiger partial charge on any atom is -0.507 e. The van der Waals surface area contributed by atoms with Crippen LogP contribution in [0.25, 0.3) is 0 Å². The van der Waals surface area contributed by atoms with Crippen molar-refractivity contribution in [1.82, 2.24) is 0 Å². The second kappa shape index (κ2) is 5.98. The number of ether oxygens (including phenoxy) is 1. The highest BCUT2D eigenvalue weighted by Gasteiger charge is 2.62. The molecule has 0 radical (unpaired) electrons. The maximum Gasteiger partial charge on any atom is 0.171 e. The highest BCUT2D eigenvalue weighted by atomic mass is 16.5. The van der Waals surface area contributed by atoms with Crippen molar-refractivity contribution < 1.29 is 30.0 Å². The van der Waals surface area contributed by atoms with E-state index in [1.165, 1.54) is 7.11 Å². The quantitative estimate of drug-likeness (QED) is 0.783. The molecule has 0 unspecified atom stereocenters. The fraction of sp³-hybridized carbons (Fsp3) is 0.600. The molecule has 0 heterocycles. The molecule has 0 bridgehead atoms. The van der Waals surface area contributed by atoms with Crippen LogP contribution in [0.2, 0.25) is 0 Å². The number of aromatic hydroxyl groups is 2. The number of phenols is 2. The Labute approximate surface area is 153 Å². The molecule has 2 aliphatic rings. The summed E-state index contributed by atoms with van der Waals surface area (Å²) in [7, 11) is 1.44. The number of Topliss-reactive ketones (excluding diaryl/α,β-unsaturated/α-hetero) is 2. The molecule has 1 aromatic carbocycles. The van der Waals surface area contributed by atoms with E-state index < -0.39 is 16.7 Å². The molecule has 0 saturated heterocycles. The first-order valence-electron chi connectivity index (χ1n) is 8.73. The van der Waals surface area contributed by atoms with Gasteiger partial charge in [0.1, 0.15) is 11.5 Å². The van der Waals surface area contributed by atoms with E-state index >= 15 is 0 Å². The van der Waals surface area contributed by atoms with E-state index in [2.05, 4.69) is 0 Å². The Morgan fingerprint density at radius 2 is 1.69 bits per heavy atom. The summed E-state index contributed by atoms with van der Waals surface area (Å²) in [5.41, 5.74) is -0.515. The Hall–Kier alpha value is -2.08. The van der Waals surface area contributed by atoms with Gasteiger partial charge in [-0.1, -0.05) is 34.6 Å². The lowest BCUT2D eigenvalue weighted by atomic mass is 9.56. The van der Waals surface area contributed by atoms with Gasteiger partial charge in [0, 0.05) is 34.3 Å². The van der Waals surface area contributed by atoms with Crippen LogP contribution < -0.4 is 4.74 Å². The standard InChI is InChI=1S/C20H26O5.H2O/c1-9(2)11-14(22)12-13(16(24)17(11)25-6)20(5)8-7-10(21)19(3,4)18(20)15(12)23;/h9,18,22,24H,7-8H2,1-6H3;1H2/t18-,20-;/m0./s1. The number of phenolic OH excluding ortho intramolecular Hbond substituents is 2. The van der Waals surface area contributed by atoms with E-state index in [1.54, 1.807) is 13.8 Å². The van der Waals surface area contributed by atoms with Gasteiger partial charge in [-0.3, -0.25) is 9.59 Å². The Bertz CT molecular complexity index is 792. The van der Waals surface area contributed by atoms with Gasteiger partial charge >= 0.3 is 0 Å². The summed E-state index contributed by atoms with van der Waals surface area (Å²) in [5, 5.41) is 21.8. The van der Waals surface area contributed by atoms with Gasteiger partial charge in [0.2, 0.25) is 0 Å². The maximum absolute atomic E-state index is 13.3. The van der Waals surface area contributed by atoms with Gasteiger partial charge in [-0.25, -0.2) is 0 Å². The molecule has 2 atom stereocenters. The van der Waals surface area contributed by atoms with Crippen LogP contribution in [0.15, 0.2) is 0 Å². The van der Waals surface area contributed by atoms with Crippen LogP contribution in [0, 0.1) is 11.3 Å². The molecule has 26 heavy (non-hydrogen) atoms. The van der Waals surface area contributed by atoms with E-state index in [4.69, 9.17) is 4.74 Å². The molecule has 1 fully saturated rings. The summed E-state index contributed by atoms with van der Waals surface area (Å²) in [6, 6.07) is 0. The first kappa shape index (κ1) is 20.2. The molecule has 1 aromatic rings. The summed E-state index contributed by atoms with van der Waals surface area (Å²) >= 11 is 0. The van der Waals surface area contributed by atoms with Crippen molar-refractivity contribution in [3.8, 4) is 17.2 Å². The molecular formula is C20H28O6. The predicted octanol–water partition coefficient (Wildman–Crippen LogP) is 2.86. The monoisotopic (exact) mass is 364 g/mol. The number of carbonyl (C=O) groups is 2. The normalized spacial score (nSPS) is 26.3. The lowest BCUT2D eigenvalue weighted by Gasteiger charge is -2.45. The van der Waals surface area contributed by atoms with Crippen molar-refractivity contribution in [3.63, 3.8) is 0 Å². The minimum absolute atomic E-state index is 0. The van der Waals surface area contributed by atoms with Crippen LogP contribution in [0.1, 0.15) is 74.9 Å². The topological polar surface area (TPSA) is 115 Å². The number of benzene rings is 1. The van der Waals surface area contributed by atoms with Crippen molar-refractivity contribution >= 4 is 11.6 Å². The average Bonchev–Trinajstić information content (AvgIpc) is 2.76. The van der Waals surface area contributed by atoms with Gasteiger partial charge in [0.15, 0.2) is 17.3 Å². The number of methoxy groups -OCH3 is 1. The van der Waals surface area contributed by atoms with Crippen molar-refractivity contribution in [3.05, 3.63) is 16.7 Å². The first-order chi connectivity index (χ1) is 11.5. The third-order valence-electron chi connectivity index (χ3n) is 6.25. The first-order valence-corrected chi connectivity index (χ1v) is 8.73. The smallest absolute Gasteiger partial charge is 0.171 e.